The second kappa shape index (κ2) is 6.85. The number of H-pyrrole nitrogens is 1. The molecule has 1 aliphatic rings. The number of hydrogen-bond acceptors (Lipinski definition) is 6. The van der Waals surface area contributed by atoms with E-state index in [0.29, 0.717) is 0 Å². The summed E-state index contributed by atoms with van der Waals surface area (Å²) in [7, 11) is 3.32. The van der Waals surface area contributed by atoms with Crippen LogP contribution in [-0.4, -0.2) is 40.6 Å². The SMILES string of the molecule is COc1ccc(-c2nc(CN3CCc4nc[nH]c4C3)cs2)c(OC)c1. The lowest BCUT2D eigenvalue weighted by atomic mass is 10.1. The molecule has 0 amide bonds. The number of imidazole rings is 1. The molecule has 0 saturated heterocycles. The van der Waals surface area contributed by atoms with E-state index in [4.69, 9.17) is 14.5 Å². The maximum Gasteiger partial charge on any atom is 0.132 e. The zero-order chi connectivity index (χ0) is 17.2. The summed E-state index contributed by atoms with van der Waals surface area (Å²) in [5, 5.41) is 3.09. The molecule has 0 aliphatic carbocycles. The van der Waals surface area contributed by atoms with Crippen molar-refractivity contribution in [3.05, 3.63) is 47.0 Å². The Balaban J connectivity index is 1.51. The smallest absolute Gasteiger partial charge is 0.132 e. The standard InChI is InChI=1S/C18H20N4O2S/c1-23-13-3-4-14(17(7-13)24-2)18-21-12(10-25-18)8-22-6-5-15-16(9-22)20-11-19-15/h3-4,7,10-11H,5-6,8-9H2,1-2H3,(H,19,20). The van der Waals surface area contributed by atoms with Crippen LogP contribution < -0.4 is 9.47 Å². The van der Waals surface area contributed by atoms with E-state index in [2.05, 4.69) is 20.2 Å². The number of aromatic nitrogens is 3. The summed E-state index contributed by atoms with van der Waals surface area (Å²) in [5.41, 5.74) is 4.49. The number of thiazole rings is 1. The molecule has 4 rings (SSSR count). The Morgan fingerprint density at radius 1 is 1.28 bits per heavy atom. The van der Waals surface area contributed by atoms with E-state index < -0.39 is 0 Å². The summed E-state index contributed by atoms with van der Waals surface area (Å²) in [6, 6.07) is 5.82. The molecule has 0 unspecified atom stereocenters. The minimum absolute atomic E-state index is 0.778. The van der Waals surface area contributed by atoms with Crippen molar-refractivity contribution < 1.29 is 9.47 Å². The van der Waals surface area contributed by atoms with Gasteiger partial charge in [-0.2, -0.15) is 0 Å². The number of nitrogens with zero attached hydrogens (tertiary/aromatic N) is 3. The lowest BCUT2D eigenvalue weighted by Crippen LogP contribution is -2.30. The van der Waals surface area contributed by atoms with Crippen molar-refractivity contribution in [1.82, 2.24) is 19.9 Å². The molecule has 0 fully saturated rings. The van der Waals surface area contributed by atoms with E-state index in [-0.39, 0.29) is 0 Å². The van der Waals surface area contributed by atoms with Crippen molar-refractivity contribution in [2.45, 2.75) is 19.5 Å². The van der Waals surface area contributed by atoms with Crippen molar-refractivity contribution in [3.8, 4) is 22.1 Å². The molecule has 0 radical (unpaired) electrons. The van der Waals surface area contributed by atoms with Gasteiger partial charge in [-0.15, -0.1) is 11.3 Å². The van der Waals surface area contributed by atoms with Gasteiger partial charge in [0.2, 0.25) is 0 Å². The highest BCUT2D eigenvalue weighted by atomic mass is 32.1. The number of fused-ring (bicyclic) bond motifs is 1. The fraction of sp³-hybridized carbons (Fsp3) is 0.333. The molecule has 0 bridgehead atoms. The van der Waals surface area contributed by atoms with Crippen LogP contribution in [-0.2, 0) is 19.5 Å². The number of ether oxygens (including phenoxy) is 2. The van der Waals surface area contributed by atoms with E-state index in [0.717, 1.165) is 53.8 Å². The molecule has 130 valence electrons. The lowest BCUT2D eigenvalue weighted by Gasteiger charge is -2.25. The Hall–Kier alpha value is -2.38. The van der Waals surface area contributed by atoms with Crippen molar-refractivity contribution in [3.63, 3.8) is 0 Å². The fourth-order valence-electron chi connectivity index (χ4n) is 3.11. The van der Waals surface area contributed by atoms with Gasteiger partial charge in [0.25, 0.3) is 0 Å². The minimum Gasteiger partial charge on any atom is -0.497 e. The maximum atomic E-state index is 5.50. The van der Waals surface area contributed by atoms with Gasteiger partial charge in [0.1, 0.15) is 16.5 Å². The third-order valence-electron chi connectivity index (χ3n) is 4.43. The first kappa shape index (κ1) is 16.1. The van der Waals surface area contributed by atoms with Crippen LogP contribution in [0.4, 0.5) is 0 Å². The van der Waals surface area contributed by atoms with Crippen LogP contribution in [0.5, 0.6) is 11.5 Å². The van der Waals surface area contributed by atoms with E-state index in [1.54, 1.807) is 31.9 Å². The number of aromatic amines is 1. The summed E-state index contributed by atoms with van der Waals surface area (Å²) in [4.78, 5) is 14.8. The van der Waals surface area contributed by atoms with Crippen LogP contribution in [0.25, 0.3) is 10.6 Å². The molecule has 0 spiro atoms. The van der Waals surface area contributed by atoms with Gasteiger partial charge in [0.15, 0.2) is 0 Å². The Kier molecular flexibility index (Phi) is 4.42. The van der Waals surface area contributed by atoms with Crippen LogP contribution in [0.1, 0.15) is 17.1 Å². The molecule has 3 aromatic rings. The predicted molar refractivity (Wildman–Crippen MR) is 97.1 cm³/mol. The summed E-state index contributed by atoms with van der Waals surface area (Å²) in [6.07, 6.45) is 2.77. The van der Waals surface area contributed by atoms with Gasteiger partial charge in [0, 0.05) is 37.5 Å². The molecule has 0 atom stereocenters. The van der Waals surface area contributed by atoms with Gasteiger partial charge in [-0.25, -0.2) is 9.97 Å². The molecule has 25 heavy (non-hydrogen) atoms. The van der Waals surface area contributed by atoms with Crippen LogP contribution >= 0.6 is 11.3 Å². The van der Waals surface area contributed by atoms with Gasteiger partial charge in [-0.3, -0.25) is 4.90 Å². The highest BCUT2D eigenvalue weighted by Crippen LogP contribution is 2.35. The Bertz CT molecular complexity index is 874. The van der Waals surface area contributed by atoms with E-state index in [1.807, 2.05) is 18.2 Å². The molecule has 3 heterocycles. The minimum atomic E-state index is 0.778. The summed E-state index contributed by atoms with van der Waals surface area (Å²) >= 11 is 1.64. The summed E-state index contributed by atoms with van der Waals surface area (Å²) in [6.45, 7) is 2.75. The van der Waals surface area contributed by atoms with Gasteiger partial charge in [-0.1, -0.05) is 0 Å². The normalized spacial score (nSPS) is 14.3. The van der Waals surface area contributed by atoms with Gasteiger partial charge in [0.05, 0.1) is 43.2 Å². The number of benzene rings is 1. The van der Waals surface area contributed by atoms with E-state index in [1.165, 1.54) is 11.4 Å². The van der Waals surface area contributed by atoms with Gasteiger partial charge < -0.3 is 14.5 Å². The number of methoxy groups -OCH3 is 2. The monoisotopic (exact) mass is 356 g/mol. The third-order valence-corrected chi connectivity index (χ3v) is 5.35. The summed E-state index contributed by atoms with van der Waals surface area (Å²) in [5.74, 6) is 1.56. The quantitative estimate of drug-likeness (QED) is 0.761. The first-order valence-corrected chi connectivity index (χ1v) is 9.05. The lowest BCUT2D eigenvalue weighted by molar-refractivity contribution is 0.239. The second-order valence-corrected chi connectivity index (χ2v) is 6.86. The van der Waals surface area contributed by atoms with E-state index >= 15 is 0 Å². The molecular formula is C18H20N4O2S. The first-order valence-electron chi connectivity index (χ1n) is 8.17. The van der Waals surface area contributed by atoms with Crippen LogP contribution in [0.15, 0.2) is 29.9 Å². The van der Waals surface area contributed by atoms with Crippen LogP contribution in [0.2, 0.25) is 0 Å². The Morgan fingerprint density at radius 3 is 3.04 bits per heavy atom. The summed E-state index contributed by atoms with van der Waals surface area (Å²) < 4.78 is 10.8. The number of hydrogen-bond donors (Lipinski definition) is 1. The van der Waals surface area contributed by atoms with Crippen LogP contribution in [0.3, 0.4) is 0 Å². The fourth-order valence-corrected chi connectivity index (χ4v) is 3.95. The molecule has 2 aromatic heterocycles. The zero-order valence-electron chi connectivity index (χ0n) is 14.3. The average molecular weight is 356 g/mol. The number of rotatable bonds is 5. The number of nitrogens with one attached hydrogen (secondary N) is 1. The second-order valence-electron chi connectivity index (χ2n) is 6.00. The van der Waals surface area contributed by atoms with Gasteiger partial charge in [-0.05, 0) is 12.1 Å². The van der Waals surface area contributed by atoms with Crippen molar-refractivity contribution in [1.29, 1.82) is 0 Å². The van der Waals surface area contributed by atoms with Gasteiger partial charge >= 0.3 is 0 Å². The molecular weight excluding hydrogens is 336 g/mol. The highest BCUT2D eigenvalue weighted by molar-refractivity contribution is 7.13. The molecule has 1 N–H and O–H groups in total. The van der Waals surface area contributed by atoms with Crippen LogP contribution in [0, 0.1) is 0 Å². The predicted octanol–water partition coefficient (Wildman–Crippen LogP) is 3.11. The van der Waals surface area contributed by atoms with Crippen molar-refractivity contribution >= 4 is 11.3 Å². The topological polar surface area (TPSA) is 63.3 Å². The third kappa shape index (κ3) is 3.25. The van der Waals surface area contributed by atoms with Crippen molar-refractivity contribution in [2.24, 2.45) is 0 Å². The zero-order valence-corrected chi connectivity index (χ0v) is 15.1. The molecule has 1 aliphatic heterocycles. The average Bonchev–Trinajstić information content (AvgIpc) is 3.30. The highest BCUT2D eigenvalue weighted by Gasteiger charge is 2.19. The Labute approximate surface area is 150 Å². The molecule has 0 saturated carbocycles. The van der Waals surface area contributed by atoms with Crippen molar-refractivity contribution in [2.75, 3.05) is 20.8 Å². The first-order chi connectivity index (χ1) is 12.3. The largest absolute Gasteiger partial charge is 0.497 e. The molecule has 1 aromatic carbocycles. The van der Waals surface area contributed by atoms with E-state index in [9.17, 15) is 0 Å². The maximum absolute atomic E-state index is 5.50. The Morgan fingerprint density at radius 2 is 2.20 bits per heavy atom. The molecule has 6 nitrogen and oxygen atoms in total. The molecule has 7 heteroatoms.